The lowest BCUT2D eigenvalue weighted by atomic mass is 9.58. The summed E-state index contributed by atoms with van der Waals surface area (Å²) in [7, 11) is 1.98. The Morgan fingerprint density at radius 3 is 2.83 bits per heavy atom. The largest absolute Gasteiger partial charge is 0.320 e. The number of hydrogen-bond acceptors (Lipinski definition) is 4. The summed E-state index contributed by atoms with van der Waals surface area (Å²) in [5.74, 6) is 1.64. The van der Waals surface area contributed by atoms with Crippen LogP contribution in [0.4, 0.5) is 0 Å². The number of aryl methyl sites for hydroxylation is 2. The number of aromatic nitrogens is 4. The summed E-state index contributed by atoms with van der Waals surface area (Å²) in [5.41, 5.74) is 1.99. The van der Waals surface area contributed by atoms with Gasteiger partial charge < -0.3 is 4.57 Å². The van der Waals surface area contributed by atoms with E-state index in [4.69, 9.17) is 16.9 Å². The first kappa shape index (κ1) is 15.9. The highest BCUT2D eigenvalue weighted by molar-refractivity contribution is 6.29. The maximum absolute atomic E-state index is 8.70. The van der Waals surface area contributed by atoms with E-state index in [9.17, 15) is 0 Å². The van der Waals surface area contributed by atoms with E-state index >= 15 is 0 Å². The maximum atomic E-state index is 8.70. The lowest BCUT2D eigenvalue weighted by Gasteiger charge is -2.46. The third-order valence-electron chi connectivity index (χ3n) is 4.65. The zero-order valence-corrected chi connectivity index (χ0v) is 14.2. The molecule has 2 aromatic heterocycles. The molecule has 3 rings (SSSR count). The topological polar surface area (TPSA) is 67.4 Å². The average Bonchev–Trinajstić information content (AvgIpc) is 2.90. The molecule has 0 spiro atoms. The molecule has 2 aromatic rings. The molecule has 23 heavy (non-hydrogen) atoms. The van der Waals surface area contributed by atoms with Crippen LogP contribution in [0, 0.1) is 17.2 Å². The molecule has 0 aliphatic heterocycles. The highest BCUT2D eigenvalue weighted by Crippen LogP contribution is 2.51. The van der Waals surface area contributed by atoms with Gasteiger partial charge in [0.1, 0.15) is 17.3 Å². The van der Waals surface area contributed by atoms with Crippen molar-refractivity contribution in [3.05, 3.63) is 40.7 Å². The van der Waals surface area contributed by atoms with Gasteiger partial charge in [0.05, 0.1) is 11.5 Å². The van der Waals surface area contributed by atoms with Gasteiger partial charge in [-0.05, 0) is 49.3 Å². The highest BCUT2D eigenvalue weighted by Gasteiger charge is 2.48. The molecule has 120 valence electrons. The molecule has 0 bridgehead atoms. The van der Waals surface area contributed by atoms with Crippen LogP contribution in [0.2, 0.25) is 5.15 Å². The summed E-state index contributed by atoms with van der Waals surface area (Å²) >= 11 is 6.27. The van der Waals surface area contributed by atoms with Crippen molar-refractivity contribution in [1.29, 1.82) is 5.26 Å². The van der Waals surface area contributed by atoms with Gasteiger partial charge in [-0.15, -0.1) is 10.2 Å². The van der Waals surface area contributed by atoms with Crippen LogP contribution in [-0.2, 0) is 18.9 Å². The van der Waals surface area contributed by atoms with Crippen LogP contribution >= 0.6 is 11.6 Å². The summed E-state index contributed by atoms with van der Waals surface area (Å²) in [4.78, 5) is 4.41. The summed E-state index contributed by atoms with van der Waals surface area (Å²) in [6.07, 6.45) is 5.93. The monoisotopic (exact) mass is 329 g/mol. The van der Waals surface area contributed by atoms with Crippen molar-refractivity contribution in [3.63, 3.8) is 0 Å². The molecule has 5 nitrogen and oxygen atoms in total. The fourth-order valence-electron chi connectivity index (χ4n) is 3.70. The minimum Gasteiger partial charge on any atom is -0.320 e. The van der Waals surface area contributed by atoms with Crippen molar-refractivity contribution in [2.75, 3.05) is 0 Å². The number of rotatable bonds is 5. The summed E-state index contributed by atoms with van der Waals surface area (Å²) in [5, 5.41) is 17.6. The van der Waals surface area contributed by atoms with E-state index in [1.165, 1.54) is 5.56 Å². The smallest absolute Gasteiger partial charge is 0.143 e. The van der Waals surface area contributed by atoms with E-state index < -0.39 is 0 Å². The van der Waals surface area contributed by atoms with Crippen molar-refractivity contribution < 1.29 is 0 Å². The predicted octanol–water partition coefficient (Wildman–Crippen LogP) is 3.43. The second-order valence-electron chi connectivity index (χ2n) is 6.54. The van der Waals surface area contributed by atoms with Gasteiger partial charge in [0.15, 0.2) is 0 Å². The van der Waals surface area contributed by atoms with Crippen molar-refractivity contribution in [1.82, 2.24) is 19.7 Å². The average molecular weight is 330 g/mol. The summed E-state index contributed by atoms with van der Waals surface area (Å²) < 4.78 is 2.00. The Hall–Kier alpha value is -1.93. The van der Waals surface area contributed by atoms with Gasteiger partial charge in [0, 0.05) is 19.2 Å². The Morgan fingerprint density at radius 1 is 1.43 bits per heavy atom. The van der Waals surface area contributed by atoms with Gasteiger partial charge in [-0.1, -0.05) is 18.5 Å². The molecular weight excluding hydrogens is 310 g/mol. The standard InChI is InChI=1S/C17H20ClN5/c1-12-9-17(10-12,16-22-20-11-23(16)2)13-7-14(5-3-4-6-19)21-15(18)8-13/h7-8,11-12H,3-5,9-10H2,1-2H3. The Labute approximate surface area is 141 Å². The van der Waals surface area contributed by atoms with E-state index in [0.717, 1.165) is 37.2 Å². The molecule has 1 saturated carbocycles. The Bertz CT molecular complexity index is 740. The van der Waals surface area contributed by atoms with Gasteiger partial charge in [0.2, 0.25) is 0 Å². The van der Waals surface area contributed by atoms with Crippen LogP contribution in [0.5, 0.6) is 0 Å². The molecular formula is C17H20ClN5. The van der Waals surface area contributed by atoms with Crippen LogP contribution < -0.4 is 0 Å². The Kier molecular flexibility index (Phi) is 4.36. The lowest BCUT2D eigenvalue weighted by molar-refractivity contribution is 0.185. The van der Waals surface area contributed by atoms with E-state index in [2.05, 4.69) is 34.2 Å². The molecule has 0 radical (unpaired) electrons. The highest BCUT2D eigenvalue weighted by atomic mass is 35.5. The molecule has 0 N–H and O–H groups in total. The van der Waals surface area contributed by atoms with Crippen molar-refractivity contribution in [3.8, 4) is 6.07 Å². The number of hydrogen-bond donors (Lipinski definition) is 0. The predicted molar refractivity (Wildman–Crippen MR) is 88.0 cm³/mol. The zero-order chi connectivity index (χ0) is 16.4. The van der Waals surface area contributed by atoms with Crippen molar-refractivity contribution in [2.24, 2.45) is 13.0 Å². The minimum absolute atomic E-state index is 0.124. The van der Waals surface area contributed by atoms with Crippen LogP contribution in [0.1, 0.15) is 49.7 Å². The Morgan fingerprint density at radius 2 is 2.22 bits per heavy atom. The Balaban J connectivity index is 1.98. The van der Waals surface area contributed by atoms with Crippen molar-refractivity contribution in [2.45, 2.75) is 44.4 Å². The van der Waals surface area contributed by atoms with E-state index in [0.29, 0.717) is 17.5 Å². The molecule has 0 unspecified atom stereocenters. The van der Waals surface area contributed by atoms with E-state index in [1.807, 2.05) is 17.7 Å². The van der Waals surface area contributed by atoms with Gasteiger partial charge in [-0.3, -0.25) is 0 Å². The first-order valence-electron chi connectivity index (χ1n) is 7.93. The molecule has 1 fully saturated rings. The number of halogens is 1. The summed E-state index contributed by atoms with van der Waals surface area (Å²) in [6.45, 7) is 2.26. The second-order valence-corrected chi connectivity index (χ2v) is 6.93. The third kappa shape index (κ3) is 2.96. The first-order chi connectivity index (χ1) is 11.0. The quantitative estimate of drug-likeness (QED) is 0.622. The molecule has 1 aliphatic carbocycles. The van der Waals surface area contributed by atoms with Crippen LogP contribution in [0.25, 0.3) is 0 Å². The number of unbranched alkanes of at least 4 members (excludes halogenated alkanes) is 1. The molecule has 1 aliphatic rings. The second kappa shape index (κ2) is 6.29. The van der Waals surface area contributed by atoms with Gasteiger partial charge in [-0.25, -0.2) is 4.98 Å². The normalized spacial score (nSPS) is 23.3. The van der Waals surface area contributed by atoms with Gasteiger partial charge in [0.25, 0.3) is 0 Å². The van der Waals surface area contributed by atoms with Crippen LogP contribution in [0.3, 0.4) is 0 Å². The molecule has 0 atom stereocenters. The number of nitrogens with zero attached hydrogens (tertiary/aromatic N) is 5. The van der Waals surface area contributed by atoms with E-state index in [-0.39, 0.29) is 5.41 Å². The van der Waals surface area contributed by atoms with Crippen LogP contribution in [0.15, 0.2) is 18.5 Å². The molecule has 2 heterocycles. The van der Waals surface area contributed by atoms with Crippen LogP contribution in [-0.4, -0.2) is 19.7 Å². The fraction of sp³-hybridized carbons (Fsp3) is 0.529. The summed E-state index contributed by atoms with van der Waals surface area (Å²) in [6, 6.07) is 6.26. The molecule has 6 heteroatoms. The maximum Gasteiger partial charge on any atom is 0.143 e. The zero-order valence-electron chi connectivity index (χ0n) is 13.5. The fourth-order valence-corrected chi connectivity index (χ4v) is 3.92. The van der Waals surface area contributed by atoms with Crippen molar-refractivity contribution >= 4 is 11.6 Å². The van der Waals surface area contributed by atoms with Gasteiger partial charge in [-0.2, -0.15) is 5.26 Å². The lowest BCUT2D eigenvalue weighted by Crippen LogP contribution is -2.43. The first-order valence-corrected chi connectivity index (χ1v) is 8.31. The number of pyridine rings is 1. The third-order valence-corrected chi connectivity index (χ3v) is 4.85. The molecule has 0 amide bonds. The van der Waals surface area contributed by atoms with Gasteiger partial charge >= 0.3 is 0 Å². The van der Waals surface area contributed by atoms with E-state index in [1.54, 1.807) is 6.33 Å². The SMILES string of the molecule is CC1CC(c2cc(Cl)nc(CCCC#N)c2)(c2nncn2C)C1. The number of nitriles is 1. The molecule has 0 aromatic carbocycles. The minimum atomic E-state index is -0.124. The molecule has 0 saturated heterocycles.